The maximum atomic E-state index is 14.0. The number of nitrogens with two attached hydrogens (primary N) is 1. The third-order valence-electron chi connectivity index (χ3n) is 2.51. The lowest BCUT2D eigenvalue weighted by Gasteiger charge is -2.17. The highest BCUT2D eigenvalue weighted by Crippen LogP contribution is 2.27. The number of nitrogens with zero attached hydrogens (tertiary/aromatic N) is 1. The van der Waals surface area contributed by atoms with Crippen LogP contribution < -0.4 is 11.3 Å². The lowest BCUT2D eigenvalue weighted by molar-refractivity contribution is 0.549. The first-order valence-electron chi connectivity index (χ1n) is 5.15. The molecule has 0 saturated heterocycles. The second-order valence-corrected chi connectivity index (χ2v) is 4.93. The maximum Gasteiger partial charge on any atom is 0.142 e. The number of pyridine rings is 1. The summed E-state index contributed by atoms with van der Waals surface area (Å²) in [7, 11) is 0. The predicted octanol–water partition coefficient (Wildman–Crippen LogP) is 3.19. The van der Waals surface area contributed by atoms with Crippen molar-refractivity contribution in [1.82, 2.24) is 10.4 Å². The zero-order valence-corrected chi connectivity index (χ0v) is 11.5. The van der Waals surface area contributed by atoms with Gasteiger partial charge in [-0.25, -0.2) is 9.82 Å². The Bertz CT molecular complexity index is 548. The van der Waals surface area contributed by atoms with Gasteiger partial charge in [0.25, 0.3) is 0 Å². The molecule has 1 aromatic carbocycles. The van der Waals surface area contributed by atoms with Crippen LogP contribution >= 0.6 is 27.5 Å². The van der Waals surface area contributed by atoms with Crippen LogP contribution in [0.1, 0.15) is 17.3 Å². The van der Waals surface area contributed by atoms with Crippen molar-refractivity contribution in [3.8, 4) is 0 Å². The molecule has 3 N–H and O–H groups in total. The number of hydrogen-bond acceptors (Lipinski definition) is 3. The Balaban J connectivity index is 2.45. The van der Waals surface area contributed by atoms with E-state index in [1.54, 1.807) is 30.3 Å². The Labute approximate surface area is 117 Å². The molecule has 0 bridgehead atoms. The molecule has 1 aromatic heterocycles. The van der Waals surface area contributed by atoms with Gasteiger partial charge in [-0.1, -0.05) is 23.7 Å². The topological polar surface area (TPSA) is 50.9 Å². The van der Waals surface area contributed by atoms with Gasteiger partial charge in [0.05, 0.1) is 21.2 Å². The van der Waals surface area contributed by atoms with Crippen LogP contribution in [0.3, 0.4) is 0 Å². The molecular weight excluding hydrogens is 321 g/mol. The summed E-state index contributed by atoms with van der Waals surface area (Å²) in [4.78, 5) is 4.14. The molecule has 0 amide bonds. The van der Waals surface area contributed by atoms with Crippen LogP contribution in [0.15, 0.2) is 41.0 Å². The average molecular weight is 331 g/mol. The molecule has 0 radical (unpaired) electrons. The highest BCUT2D eigenvalue weighted by Gasteiger charge is 2.19. The molecule has 0 aliphatic rings. The van der Waals surface area contributed by atoms with Gasteiger partial charge in [-0.05, 0) is 34.1 Å². The van der Waals surface area contributed by atoms with E-state index in [0.29, 0.717) is 20.8 Å². The second-order valence-electron chi connectivity index (χ2n) is 3.64. The van der Waals surface area contributed by atoms with Gasteiger partial charge in [-0.2, -0.15) is 0 Å². The van der Waals surface area contributed by atoms with Gasteiger partial charge in [0.1, 0.15) is 5.82 Å². The average Bonchev–Trinajstić information content (AvgIpc) is 2.37. The van der Waals surface area contributed by atoms with Gasteiger partial charge in [0.15, 0.2) is 0 Å². The van der Waals surface area contributed by atoms with Crippen LogP contribution in [0.5, 0.6) is 0 Å². The van der Waals surface area contributed by atoms with Crippen molar-refractivity contribution in [2.75, 3.05) is 0 Å². The van der Waals surface area contributed by atoms with Crippen LogP contribution in [0.2, 0.25) is 5.02 Å². The van der Waals surface area contributed by atoms with Crippen molar-refractivity contribution < 1.29 is 4.39 Å². The van der Waals surface area contributed by atoms with E-state index in [2.05, 4.69) is 26.3 Å². The van der Waals surface area contributed by atoms with Crippen LogP contribution in [-0.2, 0) is 0 Å². The standard InChI is InChI=1S/C12H10BrClFN3/c13-9-3-1-2-8(11(9)15)12(18-16)10-5-4-7(14)6-17-10/h1-6,12,18H,16H2. The van der Waals surface area contributed by atoms with E-state index < -0.39 is 6.04 Å². The smallest absolute Gasteiger partial charge is 0.142 e. The first kappa shape index (κ1) is 13.4. The number of hydrogen-bond donors (Lipinski definition) is 2. The van der Waals surface area contributed by atoms with Gasteiger partial charge in [0.2, 0.25) is 0 Å². The summed E-state index contributed by atoms with van der Waals surface area (Å²) in [6.45, 7) is 0. The van der Waals surface area contributed by atoms with Gasteiger partial charge < -0.3 is 0 Å². The third kappa shape index (κ3) is 2.70. The molecule has 6 heteroatoms. The van der Waals surface area contributed by atoms with E-state index in [4.69, 9.17) is 17.4 Å². The minimum atomic E-state index is -0.528. The highest BCUT2D eigenvalue weighted by atomic mass is 79.9. The maximum absolute atomic E-state index is 14.0. The summed E-state index contributed by atoms with van der Waals surface area (Å²) in [6.07, 6.45) is 1.50. The lowest BCUT2D eigenvalue weighted by atomic mass is 10.0. The Kier molecular flexibility index (Phi) is 4.29. The predicted molar refractivity (Wildman–Crippen MR) is 72.5 cm³/mol. The molecule has 2 aromatic rings. The molecule has 0 fully saturated rings. The van der Waals surface area contributed by atoms with Crippen molar-refractivity contribution in [3.05, 3.63) is 63.1 Å². The van der Waals surface area contributed by atoms with Crippen LogP contribution in [0, 0.1) is 5.82 Å². The molecule has 2 rings (SSSR count). The molecule has 0 aliphatic carbocycles. The number of nitrogens with one attached hydrogen (secondary N) is 1. The number of hydrazine groups is 1. The molecule has 1 atom stereocenters. The highest BCUT2D eigenvalue weighted by molar-refractivity contribution is 9.10. The molecule has 18 heavy (non-hydrogen) atoms. The Morgan fingerprint density at radius 2 is 2.11 bits per heavy atom. The monoisotopic (exact) mass is 329 g/mol. The zero-order valence-electron chi connectivity index (χ0n) is 9.20. The lowest BCUT2D eigenvalue weighted by Crippen LogP contribution is -2.30. The van der Waals surface area contributed by atoms with Gasteiger partial charge in [-0.15, -0.1) is 0 Å². The summed E-state index contributed by atoms with van der Waals surface area (Å²) >= 11 is 8.91. The summed E-state index contributed by atoms with van der Waals surface area (Å²) in [5.41, 5.74) is 3.57. The van der Waals surface area contributed by atoms with E-state index in [9.17, 15) is 4.39 Å². The summed E-state index contributed by atoms with van der Waals surface area (Å²) in [6, 6.07) is 7.88. The van der Waals surface area contributed by atoms with Crippen LogP contribution in [-0.4, -0.2) is 4.98 Å². The van der Waals surface area contributed by atoms with E-state index in [1.165, 1.54) is 6.20 Å². The van der Waals surface area contributed by atoms with Crippen molar-refractivity contribution in [3.63, 3.8) is 0 Å². The molecule has 1 unspecified atom stereocenters. The largest absolute Gasteiger partial charge is 0.271 e. The molecule has 94 valence electrons. The van der Waals surface area contributed by atoms with Crippen molar-refractivity contribution >= 4 is 27.5 Å². The Hall–Kier alpha value is -1.01. The second kappa shape index (κ2) is 5.75. The number of benzene rings is 1. The van der Waals surface area contributed by atoms with E-state index >= 15 is 0 Å². The number of aromatic nitrogens is 1. The molecule has 3 nitrogen and oxygen atoms in total. The summed E-state index contributed by atoms with van der Waals surface area (Å²) in [5.74, 6) is 5.13. The van der Waals surface area contributed by atoms with Gasteiger partial charge in [-0.3, -0.25) is 10.8 Å². The number of halogens is 3. The Morgan fingerprint density at radius 1 is 1.33 bits per heavy atom. The SMILES string of the molecule is NNC(c1ccc(Cl)cn1)c1cccc(Br)c1F. The summed E-state index contributed by atoms with van der Waals surface area (Å²) in [5, 5.41) is 0.518. The normalized spacial score (nSPS) is 12.4. The van der Waals surface area contributed by atoms with Crippen molar-refractivity contribution in [2.45, 2.75) is 6.04 Å². The first-order chi connectivity index (χ1) is 8.63. The minimum absolute atomic E-state index is 0.364. The fraction of sp³-hybridized carbons (Fsp3) is 0.0833. The van der Waals surface area contributed by atoms with E-state index in [0.717, 1.165) is 0 Å². The fourth-order valence-corrected chi connectivity index (χ4v) is 2.13. The van der Waals surface area contributed by atoms with Gasteiger partial charge >= 0.3 is 0 Å². The molecular formula is C12H10BrClFN3. The third-order valence-corrected chi connectivity index (χ3v) is 3.34. The quantitative estimate of drug-likeness (QED) is 0.671. The van der Waals surface area contributed by atoms with Crippen LogP contribution in [0.4, 0.5) is 4.39 Å². The van der Waals surface area contributed by atoms with E-state index in [1.807, 2.05) is 0 Å². The molecule has 0 aliphatic heterocycles. The zero-order chi connectivity index (χ0) is 13.1. The van der Waals surface area contributed by atoms with Crippen molar-refractivity contribution in [2.24, 2.45) is 5.84 Å². The minimum Gasteiger partial charge on any atom is -0.271 e. The number of rotatable bonds is 3. The molecule has 0 spiro atoms. The first-order valence-corrected chi connectivity index (χ1v) is 6.32. The Morgan fingerprint density at radius 3 is 2.72 bits per heavy atom. The summed E-state index contributed by atoms with van der Waals surface area (Å²) < 4.78 is 14.4. The van der Waals surface area contributed by atoms with Crippen molar-refractivity contribution in [1.29, 1.82) is 0 Å². The molecule has 0 saturated carbocycles. The van der Waals surface area contributed by atoms with E-state index in [-0.39, 0.29) is 5.82 Å². The van der Waals surface area contributed by atoms with Crippen LogP contribution in [0.25, 0.3) is 0 Å². The fourth-order valence-electron chi connectivity index (χ4n) is 1.64. The van der Waals surface area contributed by atoms with Gasteiger partial charge in [0, 0.05) is 11.8 Å². The molecule has 1 heterocycles.